The lowest BCUT2D eigenvalue weighted by Gasteiger charge is -2.36. The number of hydrogen-bond acceptors (Lipinski definition) is 4. The van der Waals surface area contributed by atoms with Crippen LogP contribution in [0, 0.1) is 0 Å². The van der Waals surface area contributed by atoms with Crippen LogP contribution in [0.2, 0.25) is 0 Å². The first kappa shape index (κ1) is 14.5. The average Bonchev–Trinajstić information content (AvgIpc) is 2.74. The molecule has 1 aromatic rings. The summed E-state index contributed by atoms with van der Waals surface area (Å²) < 4.78 is 0. The first-order valence-corrected chi connectivity index (χ1v) is 7.66. The quantitative estimate of drug-likeness (QED) is 0.859. The van der Waals surface area contributed by atoms with Gasteiger partial charge in [0.15, 0.2) is 0 Å². The first-order valence-electron chi connectivity index (χ1n) is 6.78. The van der Waals surface area contributed by atoms with Gasteiger partial charge in [0.25, 0.3) is 5.91 Å². The zero-order valence-electron chi connectivity index (χ0n) is 12.4. The molecule has 1 fully saturated rings. The number of amides is 1. The molecule has 5 heteroatoms. The summed E-state index contributed by atoms with van der Waals surface area (Å²) in [6.45, 7) is 12.1. The minimum atomic E-state index is -0.0870. The van der Waals surface area contributed by atoms with E-state index in [-0.39, 0.29) is 11.3 Å². The highest BCUT2D eigenvalue weighted by Crippen LogP contribution is 2.28. The Hall–Kier alpha value is -0.940. The van der Waals surface area contributed by atoms with Crippen LogP contribution in [-0.2, 0) is 5.41 Å². The summed E-state index contributed by atoms with van der Waals surface area (Å²) in [6.07, 6.45) is 0. The van der Waals surface area contributed by atoms with Crippen molar-refractivity contribution >= 4 is 17.2 Å². The lowest BCUT2D eigenvalue weighted by atomic mass is 9.91. The Balaban J connectivity index is 2.23. The summed E-state index contributed by atoms with van der Waals surface area (Å²) in [4.78, 5) is 19.8. The number of hydrogen-bond donors (Lipinski definition) is 1. The van der Waals surface area contributed by atoms with Crippen LogP contribution in [0.3, 0.4) is 0 Å². The van der Waals surface area contributed by atoms with Crippen LogP contribution < -0.4 is 5.32 Å². The molecule has 1 aliphatic rings. The summed E-state index contributed by atoms with van der Waals surface area (Å²) in [6, 6.07) is 0.692. The second-order valence-corrected chi connectivity index (χ2v) is 7.31. The third-order valence-electron chi connectivity index (χ3n) is 3.32. The molecule has 2 heterocycles. The summed E-state index contributed by atoms with van der Waals surface area (Å²) in [5, 5.41) is 3.45. The van der Waals surface area contributed by atoms with Gasteiger partial charge in [-0.05, 0) is 13.8 Å². The number of carbonyl (C=O) groups excluding carboxylic acids is 1. The maximum Gasteiger partial charge on any atom is 0.265 e. The maximum atomic E-state index is 12.7. The van der Waals surface area contributed by atoms with Crippen molar-refractivity contribution in [3.63, 3.8) is 0 Å². The third kappa shape index (κ3) is 3.15. The van der Waals surface area contributed by atoms with E-state index in [0.717, 1.165) is 23.7 Å². The van der Waals surface area contributed by atoms with Crippen LogP contribution >= 0.6 is 11.3 Å². The number of rotatable bonds is 1. The Morgan fingerprint density at radius 3 is 2.47 bits per heavy atom. The van der Waals surface area contributed by atoms with E-state index >= 15 is 0 Å². The fourth-order valence-electron chi connectivity index (χ4n) is 2.57. The lowest BCUT2D eigenvalue weighted by molar-refractivity contribution is 0.0676. The molecule has 1 saturated heterocycles. The molecule has 0 saturated carbocycles. The first-order chi connectivity index (χ1) is 8.79. The minimum absolute atomic E-state index is 0.0870. The van der Waals surface area contributed by atoms with Crippen LogP contribution in [0.15, 0.2) is 5.51 Å². The molecule has 2 atom stereocenters. The van der Waals surface area contributed by atoms with Crippen molar-refractivity contribution in [1.29, 1.82) is 0 Å². The third-order valence-corrected chi connectivity index (χ3v) is 4.13. The topological polar surface area (TPSA) is 45.2 Å². The van der Waals surface area contributed by atoms with E-state index in [1.165, 1.54) is 11.3 Å². The van der Waals surface area contributed by atoms with Crippen molar-refractivity contribution in [2.75, 3.05) is 13.1 Å². The van der Waals surface area contributed by atoms with Crippen LogP contribution in [0.5, 0.6) is 0 Å². The smallest absolute Gasteiger partial charge is 0.265 e. The van der Waals surface area contributed by atoms with Crippen molar-refractivity contribution < 1.29 is 4.79 Å². The fourth-order valence-corrected chi connectivity index (χ4v) is 3.53. The Kier molecular flexibility index (Phi) is 3.97. The van der Waals surface area contributed by atoms with E-state index in [2.05, 4.69) is 44.9 Å². The second kappa shape index (κ2) is 5.21. The maximum absolute atomic E-state index is 12.7. The highest BCUT2D eigenvalue weighted by molar-refractivity contribution is 7.11. The molecule has 4 nitrogen and oxygen atoms in total. The van der Waals surface area contributed by atoms with Gasteiger partial charge in [-0.3, -0.25) is 4.79 Å². The van der Waals surface area contributed by atoms with Gasteiger partial charge in [0.2, 0.25) is 0 Å². The highest BCUT2D eigenvalue weighted by Gasteiger charge is 2.31. The number of nitrogens with one attached hydrogen (secondary N) is 1. The van der Waals surface area contributed by atoms with Crippen LogP contribution in [0.4, 0.5) is 0 Å². The molecule has 19 heavy (non-hydrogen) atoms. The van der Waals surface area contributed by atoms with Gasteiger partial charge in [0.05, 0.1) is 11.2 Å². The normalized spacial score (nSPS) is 24.6. The van der Waals surface area contributed by atoms with Crippen molar-refractivity contribution in [3.05, 3.63) is 16.1 Å². The number of nitrogens with zero attached hydrogens (tertiary/aromatic N) is 2. The van der Waals surface area contributed by atoms with Gasteiger partial charge in [-0.1, -0.05) is 20.8 Å². The number of piperazine rings is 1. The van der Waals surface area contributed by atoms with E-state index in [0.29, 0.717) is 12.1 Å². The van der Waals surface area contributed by atoms with Crippen molar-refractivity contribution in [3.8, 4) is 0 Å². The van der Waals surface area contributed by atoms with E-state index in [1.54, 1.807) is 5.51 Å². The van der Waals surface area contributed by atoms with E-state index in [1.807, 2.05) is 4.90 Å². The van der Waals surface area contributed by atoms with Crippen LogP contribution in [0.1, 0.15) is 50.0 Å². The largest absolute Gasteiger partial charge is 0.335 e. The fraction of sp³-hybridized carbons (Fsp3) is 0.714. The van der Waals surface area contributed by atoms with Crippen molar-refractivity contribution in [1.82, 2.24) is 15.2 Å². The molecular weight excluding hydrogens is 258 g/mol. The van der Waals surface area contributed by atoms with Gasteiger partial charge >= 0.3 is 0 Å². The predicted octanol–water partition coefficient (Wildman–Crippen LogP) is 2.26. The molecule has 0 radical (unpaired) electrons. The van der Waals surface area contributed by atoms with Crippen molar-refractivity contribution in [2.24, 2.45) is 0 Å². The molecule has 106 valence electrons. The molecule has 2 rings (SSSR count). The zero-order valence-corrected chi connectivity index (χ0v) is 13.2. The molecule has 1 N–H and O–H groups in total. The Morgan fingerprint density at radius 1 is 1.37 bits per heavy atom. The molecule has 2 unspecified atom stereocenters. The van der Waals surface area contributed by atoms with Crippen molar-refractivity contribution in [2.45, 2.75) is 52.1 Å². The van der Waals surface area contributed by atoms with Gasteiger partial charge in [-0.15, -0.1) is 11.3 Å². The monoisotopic (exact) mass is 281 g/mol. The predicted molar refractivity (Wildman–Crippen MR) is 78.8 cm³/mol. The summed E-state index contributed by atoms with van der Waals surface area (Å²) in [5.74, 6) is 0.132. The van der Waals surface area contributed by atoms with Gasteiger partial charge in [-0.2, -0.15) is 0 Å². The Labute approximate surface area is 119 Å². The molecule has 0 spiro atoms. The summed E-state index contributed by atoms with van der Waals surface area (Å²) in [5.41, 5.74) is 2.61. The summed E-state index contributed by atoms with van der Waals surface area (Å²) >= 11 is 1.46. The molecule has 1 aliphatic heterocycles. The molecule has 0 bridgehead atoms. The van der Waals surface area contributed by atoms with E-state index < -0.39 is 0 Å². The molecule has 1 aromatic heterocycles. The average molecular weight is 281 g/mol. The number of aromatic nitrogens is 1. The van der Waals surface area contributed by atoms with Gasteiger partial charge in [-0.25, -0.2) is 4.98 Å². The standard InChI is InChI=1S/C14H23N3OS/c1-9-6-17(7-10(2)16-9)13(18)11-12(14(3,4)5)15-8-19-11/h8-10,16H,6-7H2,1-5H3. The lowest BCUT2D eigenvalue weighted by Crippen LogP contribution is -2.55. The van der Waals surface area contributed by atoms with Crippen LogP contribution in [-0.4, -0.2) is 41.0 Å². The number of carbonyl (C=O) groups is 1. The van der Waals surface area contributed by atoms with Crippen LogP contribution in [0.25, 0.3) is 0 Å². The molecule has 0 aliphatic carbocycles. The molecule has 0 aromatic carbocycles. The van der Waals surface area contributed by atoms with E-state index in [9.17, 15) is 4.79 Å². The van der Waals surface area contributed by atoms with Gasteiger partial charge < -0.3 is 10.2 Å². The Bertz CT molecular complexity index is 454. The minimum Gasteiger partial charge on any atom is -0.335 e. The number of thiazole rings is 1. The highest BCUT2D eigenvalue weighted by atomic mass is 32.1. The Morgan fingerprint density at radius 2 is 1.95 bits per heavy atom. The van der Waals surface area contributed by atoms with Gasteiger partial charge in [0.1, 0.15) is 4.88 Å². The van der Waals surface area contributed by atoms with E-state index in [4.69, 9.17) is 0 Å². The zero-order chi connectivity index (χ0) is 14.2. The second-order valence-electron chi connectivity index (χ2n) is 6.46. The molecular formula is C14H23N3OS. The summed E-state index contributed by atoms with van der Waals surface area (Å²) in [7, 11) is 0. The molecule has 1 amide bonds. The SMILES string of the molecule is CC1CN(C(=O)c2scnc2C(C)(C)C)CC(C)N1. The van der Waals surface area contributed by atoms with Gasteiger partial charge in [0, 0.05) is 30.6 Å².